The van der Waals surface area contributed by atoms with Crippen molar-refractivity contribution in [3.63, 3.8) is 0 Å². The number of carbonyl (C=O) groups is 4. The van der Waals surface area contributed by atoms with Crippen molar-refractivity contribution in [3.05, 3.63) is 115 Å². The highest BCUT2D eigenvalue weighted by atomic mass is 16.6. The van der Waals surface area contributed by atoms with Crippen molar-refractivity contribution in [2.75, 3.05) is 13.2 Å². The average molecular weight is 492 g/mol. The number of ether oxygens (including phenoxy) is 2. The second-order valence-electron chi connectivity index (χ2n) is 7.19. The first-order valence-corrected chi connectivity index (χ1v) is 10.2. The number of Topliss-reactive ketones (excluding diaryl/α,β-unsaturated/α-hetero) is 2. The van der Waals surface area contributed by atoms with Crippen LogP contribution in [0.25, 0.3) is 0 Å². The Kier molecular flexibility index (Phi) is 7.92. The number of ketones is 2. The van der Waals surface area contributed by atoms with E-state index in [1.807, 2.05) is 0 Å². The molecule has 0 unspecified atom stereocenters. The molecule has 3 rings (SSSR count). The molecule has 182 valence electrons. The van der Waals surface area contributed by atoms with Crippen molar-refractivity contribution in [1.29, 1.82) is 0 Å². The Hall–Kier alpha value is -5.26. The van der Waals surface area contributed by atoms with Crippen molar-refractivity contribution in [3.8, 4) is 0 Å². The molecule has 0 aliphatic rings. The number of nitrogens with zero attached hydrogens (tertiary/aromatic N) is 2. The van der Waals surface area contributed by atoms with Gasteiger partial charge in [-0.05, 0) is 42.5 Å². The molecule has 0 spiro atoms. The zero-order valence-corrected chi connectivity index (χ0v) is 18.3. The van der Waals surface area contributed by atoms with E-state index in [0.717, 1.165) is 30.3 Å². The number of non-ortho nitro benzene ring substituents is 2. The fourth-order valence-electron chi connectivity index (χ4n) is 2.91. The summed E-state index contributed by atoms with van der Waals surface area (Å²) in [5, 5.41) is 21.4. The molecule has 0 fully saturated rings. The normalized spacial score (nSPS) is 10.2. The van der Waals surface area contributed by atoms with Crippen molar-refractivity contribution >= 4 is 34.9 Å². The Morgan fingerprint density at radius 1 is 0.583 bits per heavy atom. The van der Waals surface area contributed by atoms with Gasteiger partial charge in [0.1, 0.15) is 0 Å². The maximum atomic E-state index is 12.3. The maximum absolute atomic E-state index is 12.3. The summed E-state index contributed by atoms with van der Waals surface area (Å²) in [5.41, 5.74) is -0.263. The summed E-state index contributed by atoms with van der Waals surface area (Å²) in [6, 6.07) is 14.8. The quantitative estimate of drug-likeness (QED) is 0.176. The fraction of sp³-hybridized carbons (Fsp3) is 0.0833. The summed E-state index contributed by atoms with van der Waals surface area (Å²) in [6.45, 7) is -1.26. The highest BCUT2D eigenvalue weighted by Crippen LogP contribution is 2.15. The number of benzene rings is 3. The molecule has 0 aliphatic carbocycles. The molecular weight excluding hydrogens is 476 g/mol. The summed E-state index contributed by atoms with van der Waals surface area (Å²) in [6.07, 6.45) is 0. The molecule has 0 aliphatic heterocycles. The second kappa shape index (κ2) is 11.2. The van der Waals surface area contributed by atoms with Gasteiger partial charge in [0.15, 0.2) is 24.8 Å². The smallest absolute Gasteiger partial charge is 0.338 e. The highest BCUT2D eigenvalue weighted by molar-refractivity contribution is 6.01. The van der Waals surface area contributed by atoms with Crippen LogP contribution in [0.2, 0.25) is 0 Å². The average Bonchev–Trinajstić information content (AvgIpc) is 2.90. The first-order valence-electron chi connectivity index (χ1n) is 10.2. The van der Waals surface area contributed by atoms with Gasteiger partial charge < -0.3 is 9.47 Å². The molecule has 0 saturated heterocycles. The minimum absolute atomic E-state index is 0.0531. The van der Waals surface area contributed by atoms with Crippen LogP contribution in [0.15, 0.2) is 72.8 Å². The summed E-state index contributed by atoms with van der Waals surface area (Å²) in [7, 11) is 0. The van der Waals surface area contributed by atoms with E-state index in [1.54, 1.807) is 0 Å². The molecule has 3 aromatic carbocycles. The summed E-state index contributed by atoms with van der Waals surface area (Å²) in [5.74, 6) is -2.97. The van der Waals surface area contributed by atoms with Gasteiger partial charge in [-0.2, -0.15) is 0 Å². The van der Waals surface area contributed by atoms with Gasteiger partial charge in [0, 0.05) is 35.4 Å². The van der Waals surface area contributed by atoms with Gasteiger partial charge in [0.05, 0.1) is 21.0 Å². The second-order valence-corrected chi connectivity index (χ2v) is 7.19. The highest BCUT2D eigenvalue weighted by Gasteiger charge is 2.17. The van der Waals surface area contributed by atoms with Crippen LogP contribution < -0.4 is 0 Å². The molecule has 0 heterocycles. The lowest BCUT2D eigenvalue weighted by Crippen LogP contribution is -2.16. The molecule has 3 aromatic rings. The van der Waals surface area contributed by atoms with Crippen LogP contribution in [0.1, 0.15) is 41.4 Å². The lowest BCUT2D eigenvalue weighted by atomic mass is 10.1. The van der Waals surface area contributed by atoms with E-state index < -0.39 is 46.6 Å². The predicted molar refractivity (Wildman–Crippen MR) is 122 cm³/mol. The van der Waals surface area contributed by atoms with Crippen LogP contribution in [0.5, 0.6) is 0 Å². The molecule has 36 heavy (non-hydrogen) atoms. The SMILES string of the molecule is O=C(COC(=O)c1cccc(C(=O)OCC(=O)c2ccc([N+](=O)[O-])cc2)c1)c1ccc([N+](=O)[O-])cc1. The Morgan fingerprint density at radius 2 is 0.944 bits per heavy atom. The predicted octanol–water partition coefficient (Wildman–Crippen LogP) is 3.58. The minimum atomic E-state index is -0.901. The van der Waals surface area contributed by atoms with E-state index in [2.05, 4.69) is 0 Å². The number of hydrogen-bond acceptors (Lipinski definition) is 10. The van der Waals surface area contributed by atoms with Crippen molar-refractivity contribution in [2.45, 2.75) is 0 Å². The van der Waals surface area contributed by atoms with E-state index in [4.69, 9.17) is 9.47 Å². The number of esters is 2. The molecule has 12 heteroatoms. The molecule has 0 bridgehead atoms. The molecule has 0 saturated carbocycles. The lowest BCUT2D eigenvalue weighted by Gasteiger charge is -2.07. The topological polar surface area (TPSA) is 173 Å². The third-order valence-electron chi connectivity index (χ3n) is 4.80. The van der Waals surface area contributed by atoms with Crippen LogP contribution >= 0.6 is 0 Å². The minimum Gasteiger partial charge on any atom is -0.454 e. The van der Waals surface area contributed by atoms with E-state index in [0.29, 0.717) is 0 Å². The van der Waals surface area contributed by atoms with Gasteiger partial charge >= 0.3 is 11.9 Å². The van der Waals surface area contributed by atoms with Crippen LogP contribution in [-0.2, 0) is 9.47 Å². The summed E-state index contributed by atoms with van der Waals surface area (Å²) in [4.78, 5) is 69.1. The zero-order chi connectivity index (χ0) is 26.2. The van der Waals surface area contributed by atoms with Crippen molar-refractivity contribution < 1.29 is 38.5 Å². The monoisotopic (exact) mass is 492 g/mol. The van der Waals surface area contributed by atoms with Crippen molar-refractivity contribution in [2.24, 2.45) is 0 Å². The van der Waals surface area contributed by atoms with Gasteiger partial charge in [0.25, 0.3) is 11.4 Å². The van der Waals surface area contributed by atoms with Crippen LogP contribution in [0.4, 0.5) is 11.4 Å². The van der Waals surface area contributed by atoms with Gasteiger partial charge in [-0.3, -0.25) is 29.8 Å². The van der Waals surface area contributed by atoms with Crippen LogP contribution in [-0.4, -0.2) is 46.6 Å². The zero-order valence-electron chi connectivity index (χ0n) is 18.3. The van der Waals surface area contributed by atoms with E-state index in [9.17, 15) is 39.4 Å². The molecular formula is C24H16N2O10. The maximum Gasteiger partial charge on any atom is 0.338 e. The first kappa shape index (κ1) is 25.4. The number of nitro groups is 2. The molecule has 0 amide bonds. The van der Waals surface area contributed by atoms with Gasteiger partial charge in [-0.15, -0.1) is 0 Å². The van der Waals surface area contributed by atoms with Gasteiger partial charge in [-0.1, -0.05) is 6.07 Å². The van der Waals surface area contributed by atoms with Crippen LogP contribution in [0, 0.1) is 20.2 Å². The third kappa shape index (κ3) is 6.41. The number of rotatable bonds is 10. The number of nitro benzene ring substituents is 2. The standard InChI is InChI=1S/C24H16N2O10/c27-21(15-4-8-19(9-5-15)25(31)32)13-35-23(29)17-2-1-3-18(12-17)24(30)36-14-22(28)16-6-10-20(11-7-16)26(33)34/h1-12H,13-14H2. The van der Waals surface area contributed by atoms with Crippen molar-refractivity contribution in [1.82, 2.24) is 0 Å². The molecule has 0 radical (unpaired) electrons. The molecule has 12 nitrogen and oxygen atoms in total. The number of carbonyl (C=O) groups excluding carboxylic acids is 4. The van der Waals surface area contributed by atoms with E-state index in [1.165, 1.54) is 42.5 Å². The Balaban J connectivity index is 1.55. The van der Waals surface area contributed by atoms with Crippen LogP contribution in [0.3, 0.4) is 0 Å². The van der Waals surface area contributed by atoms with Gasteiger partial charge in [-0.25, -0.2) is 9.59 Å². The van der Waals surface area contributed by atoms with E-state index >= 15 is 0 Å². The van der Waals surface area contributed by atoms with Gasteiger partial charge in [0.2, 0.25) is 0 Å². The first-order chi connectivity index (χ1) is 17.2. The largest absolute Gasteiger partial charge is 0.454 e. The Bertz CT molecular complexity index is 1250. The fourth-order valence-corrected chi connectivity index (χ4v) is 2.91. The summed E-state index contributed by atoms with van der Waals surface area (Å²) >= 11 is 0. The molecule has 0 atom stereocenters. The Labute approximate surface area is 202 Å². The number of hydrogen-bond donors (Lipinski definition) is 0. The summed E-state index contributed by atoms with van der Waals surface area (Å²) < 4.78 is 9.93. The lowest BCUT2D eigenvalue weighted by molar-refractivity contribution is -0.385. The molecule has 0 aromatic heterocycles. The molecule has 0 N–H and O–H groups in total. The van der Waals surface area contributed by atoms with E-state index in [-0.39, 0.29) is 33.6 Å². The Morgan fingerprint density at radius 3 is 1.28 bits per heavy atom. The third-order valence-corrected chi connectivity index (χ3v) is 4.80.